The van der Waals surface area contributed by atoms with Gasteiger partial charge in [-0.05, 0) is 43.0 Å². The topological polar surface area (TPSA) is 88.2 Å². The van der Waals surface area contributed by atoms with Crippen molar-refractivity contribution in [2.24, 2.45) is 7.05 Å². The van der Waals surface area contributed by atoms with Gasteiger partial charge in [0.25, 0.3) is 0 Å². The van der Waals surface area contributed by atoms with Crippen LogP contribution in [0.2, 0.25) is 0 Å². The lowest BCUT2D eigenvalue weighted by Gasteiger charge is -2.29. The van der Waals surface area contributed by atoms with Gasteiger partial charge in [-0.3, -0.25) is 4.68 Å². The number of anilines is 3. The second-order valence-electron chi connectivity index (χ2n) is 8.61. The summed E-state index contributed by atoms with van der Waals surface area (Å²) >= 11 is 0. The number of aromatic nitrogens is 6. The third-order valence-electron chi connectivity index (χ3n) is 6.35. The van der Waals surface area contributed by atoms with E-state index in [1.165, 1.54) is 12.0 Å². The lowest BCUT2D eigenvalue weighted by atomic mass is 10.0. The first-order chi connectivity index (χ1) is 16.2. The lowest BCUT2D eigenvalue weighted by Crippen LogP contribution is -2.43. The fraction of sp³-hybridized carbons (Fsp3) is 0.333. The van der Waals surface area contributed by atoms with Crippen LogP contribution in [0.4, 0.5) is 17.5 Å². The molecule has 0 atom stereocenters. The molecule has 1 aliphatic carbocycles. The third kappa shape index (κ3) is 3.84. The molecule has 4 aromatic heterocycles. The molecule has 0 spiro atoms. The summed E-state index contributed by atoms with van der Waals surface area (Å²) in [6.07, 6.45) is 13.4. The van der Waals surface area contributed by atoms with Crippen molar-refractivity contribution in [3.8, 4) is 11.1 Å². The van der Waals surface area contributed by atoms with Crippen LogP contribution in [0.5, 0.6) is 0 Å². The van der Waals surface area contributed by atoms with Crippen LogP contribution in [-0.4, -0.2) is 55.5 Å². The van der Waals surface area contributed by atoms with Crippen LogP contribution in [-0.2, 0) is 7.05 Å². The molecule has 0 bridgehead atoms. The minimum absolute atomic E-state index is 0.526. The first-order valence-electron chi connectivity index (χ1n) is 11.5. The molecule has 9 nitrogen and oxygen atoms in total. The van der Waals surface area contributed by atoms with Gasteiger partial charge in [-0.15, -0.1) is 5.10 Å². The molecule has 5 heterocycles. The Kier molecular flexibility index (Phi) is 5.03. The number of nitrogens with one attached hydrogen (secondary N) is 2. The molecule has 6 rings (SSSR count). The summed E-state index contributed by atoms with van der Waals surface area (Å²) in [5, 5.41) is 15.9. The Morgan fingerprint density at radius 2 is 1.97 bits per heavy atom. The van der Waals surface area contributed by atoms with Crippen molar-refractivity contribution in [1.82, 2.24) is 34.7 Å². The van der Waals surface area contributed by atoms with Gasteiger partial charge >= 0.3 is 0 Å². The maximum atomic E-state index is 4.85. The zero-order valence-electron chi connectivity index (χ0n) is 18.7. The number of hydrogen-bond acceptors (Lipinski definition) is 7. The van der Waals surface area contributed by atoms with Crippen molar-refractivity contribution >= 4 is 28.5 Å². The highest BCUT2D eigenvalue weighted by atomic mass is 15.3. The van der Waals surface area contributed by atoms with E-state index < -0.39 is 0 Å². The number of pyridine rings is 1. The molecule has 2 aliphatic rings. The van der Waals surface area contributed by atoms with E-state index >= 15 is 0 Å². The van der Waals surface area contributed by atoms with E-state index in [0.29, 0.717) is 5.95 Å². The smallest absolute Gasteiger partial charge is 0.246 e. The van der Waals surface area contributed by atoms with Gasteiger partial charge in [0.2, 0.25) is 5.95 Å². The van der Waals surface area contributed by atoms with Crippen molar-refractivity contribution < 1.29 is 0 Å². The van der Waals surface area contributed by atoms with Crippen LogP contribution in [0.15, 0.2) is 49.1 Å². The van der Waals surface area contributed by atoms with Crippen molar-refractivity contribution in [2.45, 2.75) is 19.3 Å². The number of allylic oxidation sites excluding steroid dienone is 2. The molecule has 0 amide bonds. The molecule has 168 valence electrons. The quantitative estimate of drug-likeness (QED) is 0.492. The van der Waals surface area contributed by atoms with E-state index in [4.69, 9.17) is 5.10 Å². The van der Waals surface area contributed by atoms with Crippen LogP contribution in [0.3, 0.4) is 0 Å². The average molecular weight is 442 g/mol. The predicted molar refractivity (Wildman–Crippen MR) is 130 cm³/mol. The first-order valence-corrected chi connectivity index (χ1v) is 11.5. The molecule has 1 fully saturated rings. The molecule has 1 saturated heterocycles. The van der Waals surface area contributed by atoms with Crippen LogP contribution in [0.1, 0.15) is 25.0 Å². The summed E-state index contributed by atoms with van der Waals surface area (Å²) < 4.78 is 3.84. The van der Waals surface area contributed by atoms with Crippen molar-refractivity contribution in [3.63, 3.8) is 0 Å². The normalized spacial score (nSPS) is 16.4. The summed E-state index contributed by atoms with van der Waals surface area (Å²) in [6, 6.07) is 6.24. The van der Waals surface area contributed by atoms with Crippen molar-refractivity contribution in [3.05, 3.63) is 54.8 Å². The maximum Gasteiger partial charge on any atom is 0.246 e. The highest BCUT2D eigenvalue weighted by molar-refractivity contribution is 5.84. The van der Waals surface area contributed by atoms with Crippen molar-refractivity contribution in [1.29, 1.82) is 0 Å². The number of hydrogen-bond donors (Lipinski definition) is 2. The Hall–Kier alpha value is -3.72. The van der Waals surface area contributed by atoms with E-state index in [1.54, 1.807) is 0 Å². The van der Waals surface area contributed by atoms with E-state index in [0.717, 1.165) is 72.9 Å². The first kappa shape index (κ1) is 19.9. The van der Waals surface area contributed by atoms with Crippen LogP contribution >= 0.6 is 0 Å². The number of rotatable bonds is 5. The molecule has 9 heteroatoms. The van der Waals surface area contributed by atoms with E-state index in [9.17, 15) is 0 Å². The standard InChI is InChI=1S/C24H27N9/c1-31-16-18(13-28-31)21-12-20-15-27-24(30-33(20)23(21)17-4-2-3-5-17)29-22-7-6-19(14-26-22)32-10-8-25-9-11-32/h4,6-7,12-16,25H,2-3,5,8-11H2,1H3,(H,26,29,30). The molecule has 33 heavy (non-hydrogen) atoms. The van der Waals surface area contributed by atoms with Crippen molar-refractivity contribution in [2.75, 3.05) is 36.4 Å². The molecule has 0 saturated carbocycles. The number of piperazine rings is 1. The van der Waals surface area contributed by atoms with Gasteiger partial charge in [0, 0.05) is 50.6 Å². The summed E-state index contributed by atoms with van der Waals surface area (Å²) in [5.41, 5.74) is 6.79. The fourth-order valence-corrected chi connectivity index (χ4v) is 4.69. The molecule has 0 radical (unpaired) electrons. The van der Waals surface area contributed by atoms with Gasteiger partial charge in [0.15, 0.2) is 0 Å². The third-order valence-corrected chi connectivity index (χ3v) is 6.35. The van der Waals surface area contributed by atoms with Crippen LogP contribution in [0, 0.1) is 0 Å². The Bertz CT molecular complexity index is 1310. The fourth-order valence-electron chi connectivity index (χ4n) is 4.69. The molecular weight excluding hydrogens is 414 g/mol. The average Bonchev–Trinajstić information content (AvgIpc) is 3.59. The second kappa shape index (κ2) is 8.32. The zero-order chi connectivity index (χ0) is 22.2. The monoisotopic (exact) mass is 441 g/mol. The molecule has 1 aliphatic heterocycles. The highest BCUT2D eigenvalue weighted by Crippen LogP contribution is 2.36. The van der Waals surface area contributed by atoms with E-state index in [1.807, 2.05) is 47.1 Å². The summed E-state index contributed by atoms with van der Waals surface area (Å²) in [5.74, 6) is 1.26. The zero-order valence-corrected chi connectivity index (χ0v) is 18.7. The SMILES string of the molecule is Cn1cc(-c2cc3cnc(Nc4ccc(N5CCNCC5)cn4)nn3c2C2=CCCC2)cn1. The minimum Gasteiger partial charge on any atom is -0.368 e. The lowest BCUT2D eigenvalue weighted by molar-refractivity contribution is 0.589. The number of fused-ring (bicyclic) bond motifs is 1. The number of nitrogens with zero attached hydrogens (tertiary/aromatic N) is 7. The molecule has 2 N–H and O–H groups in total. The number of aryl methyl sites for hydroxylation is 1. The Labute approximate surface area is 192 Å². The Balaban J connectivity index is 1.33. The maximum absolute atomic E-state index is 4.85. The van der Waals surface area contributed by atoms with E-state index in [2.05, 4.69) is 48.8 Å². The summed E-state index contributed by atoms with van der Waals surface area (Å²) in [4.78, 5) is 11.5. The second-order valence-corrected chi connectivity index (χ2v) is 8.61. The summed E-state index contributed by atoms with van der Waals surface area (Å²) in [7, 11) is 1.94. The van der Waals surface area contributed by atoms with Gasteiger partial charge in [-0.1, -0.05) is 6.08 Å². The van der Waals surface area contributed by atoms with Gasteiger partial charge in [0.05, 0.1) is 35.5 Å². The molecule has 0 aromatic carbocycles. The van der Waals surface area contributed by atoms with Gasteiger partial charge < -0.3 is 15.5 Å². The largest absolute Gasteiger partial charge is 0.368 e. The predicted octanol–water partition coefficient (Wildman–Crippen LogP) is 3.25. The highest BCUT2D eigenvalue weighted by Gasteiger charge is 2.20. The molecule has 4 aromatic rings. The molecule has 0 unspecified atom stereocenters. The van der Waals surface area contributed by atoms with E-state index in [-0.39, 0.29) is 0 Å². The Morgan fingerprint density at radius 1 is 1.06 bits per heavy atom. The van der Waals surface area contributed by atoms with Crippen LogP contribution < -0.4 is 15.5 Å². The molecular formula is C24H27N9. The van der Waals surface area contributed by atoms with Gasteiger partial charge in [-0.2, -0.15) is 5.10 Å². The van der Waals surface area contributed by atoms with Gasteiger partial charge in [-0.25, -0.2) is 14.5 Å². The van der Waals surface area contributed by atoms with Gasteiger partial charge in [0.1, 0.15) is 5.82 Å². The van der Waals surface area contributed by atoms with Crippen LogP contribution in [0.25, 0.3) is 22.2 Å². The summed E-state index contributed by atoms with van der Waals surface area (Å²) in [6.45, 7) is 4.01. The minimum atomic E-state index is 0.526. The Morgan fingerprint density at radius 3 is 2.70 bits per heavy atom.